The summed E-state index contributed by atoms with van der Waals surface area (Å²) in [5, 5.41) is 0. The van der Waals surface area contributed by atoms with Crippen LogP contribution in [0.2, 0.25) is 0 Å². The van der Waals surface area contributed by atoms with Crippen molar-refractivity contribution in [2.24, 2.45) is 0 Å². The van der Waals surface area contributed by atoms with E-state index in [-0.39, 0.29) is 17.7 Å². The van der Waals surface area contributed by atoms with E-state index in [9.17, 15) is 4.79 Å². The van der Waals surface area contributed by atoms with Gasteiger partial charge in [0, 0.05) is 33.9 Å². The van der Waals surface area contributed by atoms with Gasteiger partial charge in [-0.15, -0.1) is 0 Å². The van der Waals surface area contributed by atoms with Gasteiger partial charge in [0.2, 0.25) is 0 Å². The lowest BCUT2D eigenvalue weighted by Crippen LogP contribution is -2.60. The van der Waals surface area contributed by atoms with Crippen LogP contribution in [-0.4, -0.2) is 67.9 Å². The first kappa shape index (κ1) is 15.2. The minimum absolute atomic E-state index is 0.0752. The third-order valence-electron chi connectivity index (χ3n) is 3.29. The van der Waals surface area contributed by atoms with E-state index in [1.165, 1.54) is 0 Å². The van der Waals surface area contributed by atoms with Crippen molar-refractivity contribution < 1.29 is 14.3 Å². The molecule has 1 rings (SSSR count). The van der Waals surface area contributed by atoms with Crippen LogP contribution in [0.4, 0.5) is 4.79 Å². The Labute approximate surface area is 110 Å². The molecule has 106 valence electrons. The highest BCUT2D eigenvalue weighted by Crippen LogP contribution is 2.23. The molecular formula is C13H26N2O3. The quantitative estimate of drug-likeness (QED) is 0.719. The predicted octanol–water partition coefficient (Wildman–Crippen LogP) is 1.57. The van der Waals surface area contributed by atoms with Crippen LogP contribution in [0.25, 0.3) is 0 Å². The van der Waals surface area contributed by atoms with Gasteiger partial charge in [0.15, 0.2) is 0 Å². The van der Waals surface area contributed by atoms with Crippen LogP contribution in [0.15, 0.2) is 0 Å². The highest BCUT2D eigenvalue weighted by atomic mass is 16.5. The number of carbonyl (C=O) groups is 1. The van der Waals surface area contributed by atoms with Gasteiger partial charge in [0.25, 0.3) is 0 Å². The summed E-state index contributed by atoms with van der Waals surface area (Å²) in [5.74, 6) is 0. The van der Waals surface area contributed by atoms with Gasteiger partial charge in [0.05, 0.1) is 18.2 Å². The second-order valence-corrected chi connectivity index (χ2v) is 5.60. The highest BCUT2D eigenvalue weighted by Gasteiger charge is 2.37. The Morgan fingerprint density at radius 1 is 1.56 bits per heavy atom. The van der Waals surface area contributed by atoms with Crippen molar-refractivity contribution >= 4 is 6.03 Å². The fourth-order valence-corrected chi connectivity index (χ4v) is 2.07. The first-order valence-electron chi connectivity index (χ1n) is 6.52. The molecule has 1 fully saturated rings. The van der Waals surface area contributed by atoms with E-state index in [4.69, 9.17) is 9.47 Å². The minimum atomic E-state index is -0.237. The van der Waals surface area contributed by atoms with Crippen molar-refractivity contribution in [2.45, 2.75) is 38.8 Å². The van der Waals surface area contributed by atoms with Crippen molar-refractivity contribution in [3.05, 3.63) is 0 Å². The highest BCUT2D eigenvalue weighted by molar-refractivity contribution is 5.75. The summed E-state index contributed by atoms with van der Waals surface area (Å²) in [4.78, 5) is 16.1. The van der Waals surface area contributed by atoms with E-state index >= 15 is 0 Å². The lowest BCUT2D eigenvalue weighted by molar-refractivity contribution is -0.0750. The van der Waals surface area contributed by atoms with E-state index < -0.39 is 0 Å². The van der Waals surface area contributed by atoms with Gasteiger partial charge in [-0.25, -0.2) is 4.79 Å². The number of amides is 2. The molecule has 5 nitrogen and oxygen atoms in total. The average Bonchev–Trinajstić information content (AvgIpc) is 2.31. The maximum Gasteiger partial charge on any atom is 0.320 e. The third-order valence-corrected chi connectivity index (χ3v) is 3.29. The molecule has 0 spiro atoms. The molecule has 0 aliphatic carbocycles. The average molecular weight is 258 g/mol. The zero-order valence-corrected chi connectivity index (χ0v) is 12.2. The molecule has 1 atom stereocenters. The Hall–Kier alpha value is -0.810. The van der Waals surface area contributed by atoms with E-state index in [0.29, 0.717) is 26.3 Å². The van der Waals surface area contributed by atoms with E-state index in [1.807, 2.05) is 32.7 Å². The summed E-state index contributed by atoms with van der Waals surface area (Å²) >= 11 is 0. The number of rotatable bonds is 4. The number of hydrogen-bond acceptors (Lipinski definition) is 3. The maximum absolute atomic E-state index is 12.4. The first-order valence-corrected chi connectivity index (χ1v) is 6.52. The van der Waals surface area contributed by atoms with Crippen molar-refractivity contribution in [3.8, 4) is 0 Å². The summed E-state index contributed by atoms with van der Waals surface area (Å²) in [6, 6.07) is 0.0752. The van der Waals surface area contributed by atoms with E-state index in [0.717, 1.165) is 6.42 Å². The number of urea groups is 1. The first-order chi connectivity index (χ1) is 8.38. The van der Waals surface area contributed by atoms with Crippen LogP contribution >= 0.6 is 0 Å². The van der Waals surface area contributed by atoms with Gasteiger partial charge in [-0.3, -0.25) is 0 Å². The molecule has 0 aromatic rings. The van der Waals surface area contributed by atoms with Crippen molar-refractivity contribution in [1.82, 2.24) is 9.80 Å². The maximum atomic E-state index is 12.4. The second-order valence-electron chi connectivity index (χ2n) is 5.60. The monoisotopic (exact) mass is 258 g/mol. The minimum Gasteiger partial charge on any atom is -0.385 e. The Bertz CT molecular complexity index is 281. The number of carbonyl (C=O) groups excluding carboxylic acids is 1. The summed E-state index contributed by atoms with van der Waals surface area (Å²) in [7, 11) is 3.52. The normalized spacial score (nSPS) is 22.9. The molecule has 1 aliphatic rings. The standard InChI is InChI=1S/C13H26N2O3/c1-11-9-15(13(2,3)10-18-11)12(16)14(4)7-6-8-17-5/h11H,6-10H2,1-5H3/t11-/m1/s1. The number of hydrogen-bond donors (Lipinski definition) is 0. The Morgan fingerprint density at radius 2 is 2.22 bits per heavy atom. The molecule has 0 radical (unpaired) electrons. The molecule has 5 heteroatoms. The van der Waals surface area contributed by atoms with Crippen LogP contribution in [0.3, 0.4) is 0 Å². The van der Waals surface area contributed by atoms with E-state index in [1.54, 1.807) is 12.0 Å². The second kappa shape index (κ2) is 6.38. The lowest BCUT2D eigenvalue weighted by atomic mass is 10.0. The molecule has 0 aromatic carbocycles. The molecule has 18 heavy (non-hydrogen) atoms. The topological polar surface area (TPSA) is 42.0 Å². The molecule has 0 N–H and O–H groups in total. The third kappa shape index (κ3) is 3.85. The van der Waals surface area contributed by atoms with Crippen LogP contribution < -0.4 is 0 Å². The Morgan fingerprint density at radius 3 is 2.83 bits per heavy atom. The lowest BCUT2D eigenvalue weighted by Gasteiger charge is -2.45. The smallest absolute Gasteiger partial charge is 0.320 e. The van der Waals surface area contributed by atoms with Crippen LogP contribution in [0.5, 0.6) is 0 Å². The zero-order valence-electron chi connectivity index (χ0n) is 12.2. The molecule has 1 saturated heterocycles. The molecule has 1 aliphatic heterocycles. The van der Waals surface area contributed by atoms with E-state index in [2.05, 4.69) is 0 Å². The molecule has 1 heterocycles. The van der Waals surface area contributed by atoms with Gasteiger partial charge >= 0.3 is 6.03 Å². The number of methoxy groups -OCH3 is 1. The predicted molar refractivity (Wildman–Crippen MR) is 70.7 cm³/mol. The molecule has 2 amide bonds. The molecule has 0 saturated carbocycles. The summed E-state index contributed by atoms with van der Waals surface area (Å²) < 4.78 is 10.6. The molecule has 0 bridgehead atoms. The SMILES string of the molecule is COCCCN(C)C(=O)N1C[C@@H](C)OCC1(C)C. The van der Waals surface area contributed by atoms with Gasteiger partial charge in [0.1, 0.15) is 0 Å². The Balaban J connectivity index is 2.57. The summed E-state index contributed by atoms with van der Waals surface area (Å²) in [6.07, 6.45) is 0.966. The number of ether oxygens (including phenoxy) is 2. The molecular weight excluding hydrogens is 232 g/mol. The van der Waals surface area contributed by atoms with Gasteiger partial charge in [-0.1, -0.05) is 0 Å². The summed E-state index contributed by atoms with van der Waals surface area (Å²) in [5.41, 5.74) is -0.237. The Kier molecular flexibility index (Phi) is 5.41. The van der Waals surface area contributed by atoms with Crippen LogP contribution in [-0.2, 0) is 9.47 Å². The fraction of sp³-hybridized carbons (Fsp3) is 0.923. The van der Waals surface area contributed by atoms with Crippen molar-refractivity contribution in [3.63, 3.8) is 0 Å². The zero-order chi connectivity index (χ0) is 13.8. The van der Waals surface area contributed by atoms with Crippen LogP contribution in [0, 0.1) is 0 Å². The summed E-state index contributed by atoms with van der Waals surface area (Å²) in [6.45, 7) is 8.72. The molecule has 0 unspecified atom stereocenters. The van der Waals surface area contributed by atoms with Gasteiger partial charge in [-0.2, -0.15) is 0 Å². The fourth-order valence-electron chi connectivity index (χ4n) is 2.07. The van der Waals surface area contributed by atoms with Crippen molar-refractivity contribution in [1.29, 1.82) is 0 Å². The van der Waals surface area contributed by atoms with Crippen LogP contribution in [0.1, 0.15) is 27.2 Å². The number of morpholine rings is 1. The largest absolute Gasteiger partial charge is 0.385 e. The molecule has 0 aromatic heterocycles. The van der Waals surface area contributed by atoms with Gasteiger partial charge in [-0.05, 0) is 27.2 Å². The number of nitrogens with zero attached hydrogens (tertiary/aromatic N) is 2. The van der Waals surface area contributed by atoms with Gasteiger partial charge < -0.3 is 19.3 Å². The van der Waals surface area contributed by atoms with Crippen molar-refractivity contribution in [2.75, 3.05) is 40.5 Å².